The van der Waals surface area contributed by atoms with Crippen molar-refractivity contribution in [1.29, 1.82) is 0 Å². The molecular weight excluding hydrogens is 143 g/mol. The van der Waals surface area contributed by atoms with Crippen LogP contribution >= 0.6 is 0 Å². The lowest BCUT2D eigenvalue weighted by Gasteiger charge is -2.46. The van der Waals surface area contributed by atoms with Crippen LogP contribution in [0.5, 0.6) is 0 Å². The molecule has 0 aliphatic heterocycles. The van der Waals surface area contributed by atoms with Crippen LogP contribution in [0.1, 0.15) is 38.5 Å². The molecule has 0 atom stereocenters. The molecule has 0 spiro atoms. The molecule has 3 saturated carbocycles. The lowest BCUT2D eigenvalue weighted by atomic mass is 9.60. The lowest BCUT2D eigenvalue weighted by molar-refractivity contribution is -0.125. The molecule has 1 nitrogen and oxygen atoms in total. The molecule has 3 fully saturated rings. The average Bonchev–Trinajstić information content (AvgIpc) is 2.07. The molecule has 3 rings (SSSR count). The molecule has 11 heavy (non-hydrogen) atoms. The standard InChI is InChI=1S/C9H13FO/c10-9-4-1-8(7-11,2-5-9)3-6-9/h7H,1-6H2. The van der Waals surface area contributed by atoms with E-state index in [2.05, 4.69) is 0 Å². The van der Waals surface area contributed by atoms with Crippen LogP contribution in [-0.4, -0.2) is 12.0 Å². The maximum absolute atomic E-state index is 13.5. The largest absolute Gasteiger partial charge is 0.303 e. The van der Waals surface area contributed by atoms with E-state index >= 15 is 0 Å². The summed E-state index contributed by atoms with van der Waals surface area (Å²) in [6.07, 6.45) is 5.27. The molecule has 0 saturated heterocycles. The number of alkyl halides is 1. The number of carbonyl (C=O) groups excluding carboxylic acids is 1. The minimum atomic E-state index is -0.898. The van der Waals surface area contributed by atoms with E-state index in [1.165, 1.54) is 0 Å². The highest BCUT2D eigenvalue weighted by Crippen LogP contribution is 2.52. The summed E-state index contributed by atoms with van der Waals surface area (Å²) in [6.45, 7) is 0. The van der Waals surface area contributed by atoms with E-state index in [1.54, 1.807) is 0 Å². The number of hydrogen-bond donors (Lipinski definition) is 0. The van der Waals surface area contributed by atoms with Crippen molar-refractivity contribution in [3.63, 3.8) is 0 Å². The molecule has 0 aromatic heterocycles. The third-order valence-corrected chi connectivity index (χ3v) is 3.46. The van der Waals surface area contributed by atoms with E-state index in [0.717, 1.165) is 25.5 Å². The van der Waals surface area contributed by atoms with Crippen LogP contribution in [0.15, 0.2) is 0 Å². The first-order valence-electron chi connectivity index (χ1n) is 4.33. The van der Waals surface area contributed by atoms with Crippen molar-refractivity contribution in [2.24, 2.45) is 5.41 Å². The third-order valence-electron chi connectivity index (χ3n) is 3.46. The van der Waals surface area contributed by atoms with Crippen LogP contribution in [-0.2, 0) is 4.79 Å². The maximum atomic E-state index is 13.5. The second-order valence-corrected chi connectivity index (χ2v) is 4.13. The van der Waals surface area contributed by atoms with Crippen LogP contribution in [0, 0.1) is 5.41 Å². The number of halogens is 1. The fraction of sp³-hybridized carbons (Fsp3) is 0.889. The van der Waals surface area contributed by atoms with Gasteiger partial charge in [0.05, 0.1) is 0 Å². The van der Waals surface area contributed by atoms with E-state index < -0.39 is 5.67 Å². The summed E-state index contributed by atoms with van der Waals surface area (Å²) < 4.78 is 13.5. The van der Waals surface area contributed by atoms with Gasteiger partial charge in [-0.2, -0.15) is 0 Å². The molecule has 2 heteroatoms. The summed E-state index contributed by atoms with van der Waals surface area (Å²) in [5, 5.41) is 0. The smallest absolute Gasteiger partial charge is 0.126 e. The zero-order valence-corrected chi connectivity index (χ0v) is 6.61. The summed E-state index contributed by atoms with van der Waals surface area (Å²) >= 11 is 0. The molecule has 0 amide bonds. The predicted molar refractivity (Wildman–Crippen MR) is 40.0 cm³/mol. The highest BCUT2D eigenvalue weighted by atomic mass is 19.1. The van der Waals surface area contributed by atoms with Gasteiger partial charge >= 0.3 is 0 Å². The van der Waals surface area contributed by atoms with Gasteiger partial charge in [-0.1, -0.05) is 0 Å². The molecular formula is C9H13FO. The second-order valence-electron chi connectivity index (χ2n) is 4.13. The monoisotopic (exact) mass is 156 g/mol. The highest BCUT2D eigenvalue weighted by Gasteiger charge is 2.48. The number of fused-ring (bicyclic) bond motifs is 3. The predicted octanol–water partition coefficient (Wildman–Crippen LogP) is 2.25. The Kier molecular flexibility index (Phi) is 1.35. The van der Waals surface area contributed by atoms with Crippen LogP contribution in [0.2, 0.25) is 0 Å². The Balaban J connectivity index is 2.18. The van der Waals surface area contributed by atoms with Crippen LogP contribution in [0.3, 0.4) is 0 Å². The third kappa shape index (κ3) is 0.996. The molecule has 0 aromatic rings. The van der Waals surface area contributed by atoms with Gasteiger partial charge in [-0.05, 0) is 38.5 Å². The molecule has 0 unspecified atom stereocenters. The Labute approximate surface area is 66.0 Å². The van der Waals surface area contributed by atoms with Gasteiger partial charge in [0.1, 0.15) is 12.0 Å². The SMILES string of the molecule is O=CC12CCC(F)(CC1)CC2. The van der Waals surface area contributed by atoms with Crippen molar-refractivity contribution in [3.8, 4) is 0 Å². The Morgan fingerprint density at radius 2 is 1.45 bits per heavy atom. The van der Waals surface area contributed by atoms with Crippen molar-refractivity contribution in [1.82, 2.24) is 0 Å². The van der Waals surface area contributed by atoms with Gasteiger partial charge in [-0.25, -0.2) is 4.39 Å². The fourth-order valence-electron chi connectivity index (χ4n) is 2.35. The molecule has 3 aliphatic rings. The molecule has 62 valence electrons. The van der Waals surface area contributed by atoms with Crippen molar-refractivity contribution < 1.29 is 9.18 Å². The first kappa shape index (κ1) is 7.26. The van der Waals surface area contributed by atoms with Gasteiger partial charge in [0.25, 0.3) is 0 Å². The summed E-state index contributed by atoms with van der Waals surface area (Å²) in [6, 6.07) is 0. The molecule has 0 heterocycles. The molecule has 0 radical (unpaired) electrons. The molecule has 2 bridgehead atoms. The molecule has 3 aliphatic carbocycles. The summed E-state index contributed by atoms with van der Waals surface area (Å²) in [5.41, 5.74) is -1.02. The Morgan fingerprint density at radius 1 is 1.00 bits per heavy atom. The summed E-state index contributed by atoms with van der Waals surface area (Å²) in [4.78, 5) is 10.7. The quantitative estimate of drug-likeness (QED) is 0.532. The summed E-state index contributed by atoms with van der Waals surface area (Å²) in [7, 11) is 0. The summed E-state index contributed by atoms with van der Waals surface area (Å²) in [5.74, 6) is 0. The number of carbonyl (C=O) groups is 1. The number of aldehydes is 1. The first-order chi connectivity index (χ1) is 5.18. The van der Waals surface area contributed by atoms with E-state index in [-0.39, 0.29) is 5.41 Å². The topological polar surface area (TPSA) is 17.1 Å². The van der Waals surface area contributed by atoms with Gasteiger partial charge in [0, 0.05) is 5.41 Å². The van der Waals surface area contributed by atoms with Gasteiger partial charge in [0.2, 0.25) is 0 Å². The van der Waals surface area contributed by atoms with E-state index in [9.17, 15) is 9.18 Å². The highest BCUT2D eigenvalue weighted by molar-refractivity contribution is 5.60. The zero-order valence-electron chi connectivity index (χ0n) is 6.61. The van der Waals surface area contributed by atoms with Crippen molar-refractivity contribution >= 4 is 6.29 Å². The van der Waals surface area contributed by atoms with Crippen molar-refractivity contribution in [3.05, 3.63) is 0 Å². The number of rotatable bonds is 1. The average molecular weight is 156 g/mol. The Bertz CT molecular complexity index is 163. The molecule has 0 N–H and O–H groups in total. The fourth-order valence-corrected chi connectivity index (χ4v) is 2.35. The van der Waals surface area contributed by atoms with Gasteiger partial charge < -0.3 is 4.79 Å². The van der Waals surface area contributed by atoms with Crippen molar-refractivity contribution in [2.75, 3.05) is 0 Å². The van der Waals surface area contributed by atoms with Crippen LogP contribution in [0.25, 0.3) is 0 Å². The van der Waals surface area contributed by atoms with Gasteiger partial charge in [-0.3, -0.25) is 0 Å². The van der Waals surface area contributed by atoms with Gasteiger partial charge in [-0.15, -0.1) is 0 Å². The Morgan fingerprint density at radius 3 is 1.82 bits per heavy atom. The maximum Gasteiger partial charge on any atom is 0.126 e. The minimum Gasteiger partial charge on any atom is -0.303 e. The second kappa shape index (κ2) is 2.05. The first-order valence-corrected chi connectivity index (χ1v) is 4.33. The Hall–Kier alpha value is -0.400. The normalized spacial score (nSPS) is 49.2. The van der Waals surface area contributed by atoms with Crippen LogP contribution < -0.4 is 0 Å². The minimum absolute atomic E-state index is 0.117. The van der Waals surface area contributed by atoms with E-state index in [4.69, 9.17) is 0 Å². The van der Waals surface area contributed by atoms with Gasteiger partial charge in [0.15, 0.2) is 0 Å². The zero-order chi connectivity index (χ0) is 7.95. The van der Waals surface area contributed by atoms with Crippen LogP contribution in [0.4, 0.5) is 4.39 Å². The lowest BCUT2D eigenvalue weighted by Crippen LogP contribution is -2.43. The number of hydrogen-bond acceptors (Lipinski definition) is 1. The molecule has 0 aromatic carbocycles. The van der Waals surface area contributed by atoms with Crippen molar-refractivity contribution in [2.45, 2.75) is 44.2 Å². The van der Waals surface area contributed by atoms with E-state index in [1.807, 2.05) is 0 Å². The van der Waals surface area contributed by atoms with E-state index in [0.29, 0.717) is 19.3 Å².